The third-order valence-electron chi connectivity index (χ3n) is 7.44. The van der Waals surface area contributed by atoms with E-state index in [1.807, 2.05) is 99.6 Å². The standard InChI is InChI=1S/C32H34N4O4/c1-5-24-29(31(37)35(33-24)22-14-10-8-11-15-22)28(21-18-19-26(40-7-3)27(20-21)39-4)30-25(6-2)34-36(32(30)38)23-16-12-9-13-17-23/h8-20,28-30H,5-7H2,1-4H3. The molecule has 2 unspecified atom stereocenters. The number of amides is 2. The van der Waals surface area contributed by atoms with Gasteiger partial charge in [0.1, 0.15) is 0 Å². The number of hydrazone groups is 2. The minimum absolute atomic E-state index is 0.165. The largest absolute Gasteiger partial charge is 0.493 e. The Balaban J connectivity index is 1.65. The number of benzene rings is 3. The van der Waals surface area contributed by atoms with Gasteiger partial charge in [0.25, 0.3) is 11.8 Å². The lowest BCUT2D eigenvalue weighted by molar-refractivity contribution is -0.122. The number of nitrogens with zero attached hydrogens (tertiary/aromatic N) is 4. The van der Waals surface area contributed by atoms with Crippen LogP contribution in [0.1, 0.15) is 45.1 Å². The summed E-state index contributed by atoms with van der Waals surface area (Å²) in [7, 11) is 1.59. The summed E-state index contributed by atoms with van der Waals surface area (Å²) in [6.07, 6.45) is 1.12. The summed E-state index contributed by atoms with van der Waals surface area (Å²) in [5.41, 5.74) is 3.64. The van der Waals surface area contributed by atoms with Crippen LogP contribution in [0.5, 0.6) is 11.5 Å². The van der Waals surface area contributed by atoms with Crippen LogP contribution in [0.2, 0.25) is 0 Å². The minimum Gasteiger partial charge on any atom is -0.493 e. The number of hydrogen-bond donors (Lipinski definition) is 0. The molecular weight excluding hydrogens is 504 g/mol. The topological polar surface area (TPSA) is 83.8 Å². The lowest BCUT2D eigenvalue weighted by Gasteiger charge is -2.30. The molecule has 0 fully saturated rings. The summed E-state index contributed by atoms with van der Waals surface area (Å²) in [5.74, 6) is -1.05. The van der Waals surface area contributed by atoms with Crippen LogP contribution in [0.25, 0.3) is 0 Å². The van der Waals surface area contributed by atoms with Crippen molar-refractivity contribution in [3.8, 4) is 11.5 Å². The molecule has 0 aliphatic carbocycles. The predicted octanol–water partition coefficient (Wildman–Crippen LogP) is 6.04. The number of rotatable bonds is 10. The Morgan fingerprint density at radius 2 is 1.23 bits per heavy atom. The monoisotopic (exact) mass is 538 g/mol. The Morgan fingerprint density at radius 3 is 1.65 bits per heavy atom. The highest BCUT2D eigenvalue weighted by molar-refractivity contribution is 6.20. The van der Waals surface area contributed by atoms with Crippen molar-refractivity contribution in [2.45, 2.75) is 39.5 Å². The summed E-state index contributed by atoms with van der Waals surface area (Å²) in [6.45, 7) is 6.38. The number of methoxy groups -OCH3 is 1. The first kappa shape index (κ1) is 27.1. The van der Waals surface area contributed by atoms with Gasteiger partial charge in [-0.1, -0.05) is 56.3 Å². The molecule has 0 saturated heterocycles. The Labute approximate surface area is 234 Å². The van der Waals surface area contributed by atoms with Gasteiger partial charge in [-0.3, -0.25) is 9.59 Å². The zero-order valence-corrected chi connectivity index (χ0v) is 23.3. The van der Waals surface area contributed by atoms with Crippen molar-refractivity contribution in [2.24, 2.45) is 22.0 Å². The van der Waals surface area contributed by atoms with Crippen molar-refractivity contribution in [3.05, 3.63) is 84.4 Å². The highest BCUT2D eigenvalue weighted by Gasteiger charge is 2.51. The molecule has 8 nitrogen and oxygen atoms in total. The molecule has 0 radical (unpaired) electrons. The van der Waals surface area contributed by atoms with Gasteiger partial charge in [-0.15, -0.1) is 0 Å². The number of carbonyl (C=O) groups excluding carboxylic acids is 2. The van der Waals surface area contributed by atoms with Gasteiger partial charge < -0.3 is 9.47 Å². The summed E-state index contributed by atoms with van der Waals surface area (Å²) >= 11 is 0. The minimum atomic E-state index is -0.658. The molecule has 0 aromatic heterocycles. The first-order chi connectivity index (χ1) is 19.5. The third kappa shape index (κ3) is 4.85. The molecule has 2 heterocycles. The average molecular weight is 539 g/mol. The number of hydrogen-bond acceptors (Lipinski definition) is 6. The van der Waals surface area contributed by atoms with Gasteiger partial charge in [-0.05, 0) is 61.7 Å². The molecule has 5 rings (SSSR count). The Hall–Kier alpha value is -4.46. The van der Waals surface area contributed by atoms with Crippen molar-refractivity contribution < 1.29 is 19.1 Å². The van der Waals surface area contributed by atoms with Crippen molar-refractivity contribution in [1.29, 1.82) is 0 Å². The fourth-order valence-electron chi connectivity index (χ4n) is 5.58. The van der Waals surface area contributed by atoms with Crippen LogP contribution in [0.15, 0.2) is 89.1 Å². The molecular formula is C32H34N4O4. The SMILES string of the molecule is CCOc1ccc(C(C2C(=O)N(c3ccccc3)N=C2CC)C2C(=O)N(c3ccccc3)N=C2CC)cc1OC. The predicted molar refractivity (Wildman–Crippen MR) is 157 cm³/mol. The van der Waals surface area contributed by atoms with Gasteiger partial charge in [0.05, 0.1) is 48.4 Å². The quantitative estimate of drug-likeness (QED) is 0.315. The van der Waals surface area contributed by atoms with Crippen LogP contribution in [0.3, 0.4) is 0 Å². The first-order valence-corrected chi connectivity index (χ1v) is 13.8. The highest BCUT2D eigenvalue weighted by atomic mass is 16.5. The molecule has 0 N–H and O–H groups in total. The van der Waals surface area contributed by atoms with E-state index in [9.17, 15) is 9.59 Å². The fourth-order valence-corrected chi connectivity index (χ4v) is 5.58. The van der Waals surface area contributed by atoms with Crippen LogP contribution < -0.4 is 19.5 Å². The number of carbonyl (C=O) groups is 2. The lowest BCUT2D eigenvalue weighted by atomic mass is 9.71. The van der Waals surface area contributed by atoms with Gasteiger partial charge >= 0.3 is 0 Å². The Bertz CT molecular complexity index is 1360. The highest BCUT2D eigenvalue weighted by Crippen LogP contribution is 2.45. The second-order valence-corrected chi connectivity index (χ2v) is 9.69. The van der Waals surface area contributed by atoms with Gasteiger partial charge in [0.2, 0.25) is 0 Å². The Kier molecular flexibility index (Phi) is 7.96. The second kappa shape index (κ2) is 11.7. The number of para-hydroxylation sites is 2. The van der Waals surface area contributed by atoms with E-state index in [0.717, 1.165) is 17.0 Å². The maximum atomic E-state index is 14.2. The van der Waals surface area contributed by atoms with E-state index in [2.05, 4.69) is 0 Å². The van der Waals surface area contributed by atoms with E-state index in [-0.39, 0.29) is 11.8 Å². The summed E-state index contributed by atoms with van der Waals surface area (Å²) < 4.78 is 11.4. The molecule has 2 aliphatic heterocycles. The summed E-state index contributed by atoms with van der Waals surface area (Å²) in [5, 5.41) is 12.5. The second-order valence-electron chi connectivity index (χ2n) is 9.69. The normalized spacial score (nSPS) is 19.5. The molecule has 3 aromatic rings. The van der Waals surface area contributed by atoms with Crippen LogP contribution in [0, 0.1) is 11.8 Å². The zero-order chi connectivity index (χ0) is 28.2. The molecule has 3 aromatic carbocycles. The van der Waals surface area contributed by atoms with Crippen molar-refractivity contribution in [2.75, 3.05) is 23.7 Å². The number of ether oxygens (including phenoxy) is 2. The van der Waals surface area contributed by atoms with Gasteiger partial charge in [-0.25, -0.2) is 10.0 Å². The van der Waals surface area contributed by atoms with Crippen molar-refractivity contribution >= 4 is 34.6 Å². The van der Waals surface area contributed by atoms with Crippen LogP contribution in [0.4, 0.5) is 11.4 Å². The van der Waals surface area contributed by atoms with Crippen LogP contribution in [-0.2, 0) is 9.59 Å². The van der Waals surface area contributed by atoms with Crippen molar-refractivity contribution in [1.82, 2.24) is 0 Å². The molecule has 206 valence electrons. The maximum absolute atomic E-state index is 14.2. The third-order valence-corrected chi connectivity index (χ3v) is 7.44. The van der Waals surface area contributed by atoms with Crippen molar-refractivity contribution in [3.63, 3.8) is 0 Å². The zero-order valence-electron chi connectivity index (χ0n) is 23.3. The number of anilines is 2. The molecule has 2 atom stereocenters. The fraction of sp³-hybridized carbons (Fsp3) is 0.312. The molecule has 2 aliphatic rings. The van der Waals surface area contributed by atoms with E-state index in [0.29, 0.717) is 42.3 Å². The van der Waals surface area contributed by atoms with E-state index in [4.69, 9.17) is 19.7 Å². The van der Waals surface area contributed by atoms with E-state index in [1.165, 1.54) is 10.0 Å². The summed E-state index contributed by atoms with van der Waals surface area (Å²) in [4.78, 5) is 28.4. The average Bonchev–Trinajstić information content (AvgIpc) is 3.51. The van der Waals surface area contributed by atoms with Crippen LogP contribution >= 0.6 is 0 Å². The summed E-state index contributed by atoms with van der Waals surface area (Å²) in [6, 6.07) is 24.4. The maximum Gasteiger partial charge on any atom is 0.256 e. The molecule has 0 spiro atoms. The van der Waals surface area contributed by atoms with E-state index < -0.39 is 17.8 Å². The van der Waals surface area contributed by atoms with Crippen LogP contribution in [-0.4, -0.2) is 37.0 Å². The molecule has 0 bridgehead atoms. The first-order valence-electron chi connectivity index (χ1n) is 13.8. The van der Waals surface area contributed by atoms with E-state index >= 15 is 0 Å². The lowest BCUT2D eigenvalue weighted by Crippen LogP contribution is -2.40. The van der Waals surface area contributed by atoms with Gasteiger partial charge in [-0.2, -0.15) is 10.2 Å². The van der Waals surface area contributed by atoms with Gasteiger partial charge in [0.15, 0.2) is 11.5 Å². The molecule has 40 heavy (non-hydrogen) atoms. The molecule has 0 saturated carbocycles. The molecule has 2 amide bonds. The van der Waals surface area contributed by atoms with E-state index in [1.54, 1.807) is 7.11 Å². The molecule has 8 heteroatoms. The smallest absolute Gasteiger partial charge is 0.256 e. The van der Waals surface area contributed by atoms with Gasteiger partial charge in [0, 0.05) is 5.92 Å². The Morgan fingerprint density at radius 1 is 0.725 bits per heavy atom.